The maximum Gasteiger partial charge on any atom is 0.281 e. The Morgan fingerprint density at radius 3 is 2.79 bits per heavy atom. The van der Waals surface area contributed by atoms with Gasteiger partial charge in [-0.1, -0.05) is 11.6 Å². The molecule has 0 amide bonds. The van der Waals surface area contributed by atoms with E-state index in [9.17, 15) is 4.79 Å². The molecule has 0 atom stereocenters. The second-order valence-electron chi connectivity index (χ2n) is 3.01. The predicted molar refractivity (Wildman–Crippen MR) is 58.0 cm³/mol. The van der Waals surface area contributed by atoms with E-state index in [0.29, 0.717) is 20.8 Å². The zero-order chi connectivity index (χ0) is 10.5. The second kappa shape index (κ2) is 3.10. The van der Waals surface area contributed by atoms with E-state index < -0.39 is 0 Å². The molecule has 2 aromatic rings. The first-order valence-corrected chi connectivity index (χ1v) is 5.12. The van der Waals surface area contributed by atoms with E-state index in [1.807, 2.05) is 6.92 Å². The van der Waals surface area contributed by atoms with Crippen molar-refractivity contribution in [1.82, 2.24) is 14.6 Å². The maximum atomic E-state index is 11.3. The number of halogens is 2. The Labute approximate surface area is 93.0 Å². The van der Waals surface area contributed by atoms with E-state index in [-0.39, 0.29) is 5.56 Å². The van der Waals surface area contributed by atoms with Crippen molar-refractivity contribution < 1.29 is 0 Å². The van der Waals surface area contributed by atoms with Gasteiger partial charge in [-0.25, -0.2) is 9.50 Å². The summed E-state index contributed by atoms with van der Waals surface area (Å²) in [5, 5.41) is 3.20. The van der Waals surface area contributed by atoms with Gasteiger partial charge in [0, 0.05) is 0 Å². The first kappa shape index (κ1) is 9.73. The topological polar surface area (TPSA) is 50.2 Å². The van der Waals surface area contributed by atoms with Crippen LogP contribution in [0.15, 0.2) is 9.27 Å². The van der Waals surface area contributed by atoms with Crippen molar-refractivity contribution in [3.05, 3.63) is 31.2 Å². The minimum atomic E-state index is -0.206. The molecule has 2 aromatic heterocycles. The molecule has 1 N–H and O–H groups in total. The quantitative estimate of drug-likeness (QED) is 0.801. The van der Waals surface area contributed by atoms with Crippen LogP contribution in [-0.2, 0) is 0 Å². The Hall–Kier alpha value is -0.810. The van der Waals surface area contributed by atoms with Gasteiger partial charge in [0.1, 0.15) is 4.47 Å². The maximum absolute atomic E-state index is 11.3. The molecule has 0 aliphatic rings. The fourth-order valence-corrected chi connectivity index (χ4v) is 1.79. The molecule has 4 nitrogen and oxygen atoms in total. The van der Waals surface area contributed by atoms with Crippen LogP contribution in [0, 0.1) is 13.8 Å². The average Bonchev–Trinajstić information content (AvgIpc) is 2.42. The molecule has 0 spiro atoms. The van der Waals surface area contributed by atoms with E-state index >= 15 is 0 Å². The van der Waals surface area contributed by atoms with Crippen molar-refractivity contribution in [3.63, 3.8) is 0 Å². The van der Waals surface area contributed by atoms with Crippen LogP contribution >= 0.6 is 27.5 Å². The Morgan fingerprint density at radius 2 is 2.14 bits per heavy atom. The monoisotopic (exact) mass is 275 g/mol. The number of fused-ring (bicyclic) bond motifs is 1. The summed E-state index contributed by atoms with van der Waals surface area (Å²) in [5.41, 5.74) is 1.84. The largest absolute Gasteiger partial charge is 0.281 e. The van der Waals surface area contributed by atoms with Crippen LogP contribution in [0.2, 0.25) is 5.02 Å². The molecule has 0 aromatic carbocycles. The fourth-order valence-electron chi connectivity index (χ4n) is 1.31. The lowest BCUT2D eigenvalue weighted by molar-refractivity contribution is 0.872. The molecular weight excluding hydrogens is 269 g/mol. The van der Waals surface area contributed by atoms with E-state index in [2.05, 4.69) is 26.0 Å². The van der Waals surface area contributed by atoms with Gasteiger partial charge < -0.3 is 0 Å². The lowest BCUT2D eigenvalue weighted by Crippen LogP contribution is -2.03. The number of nitrogens with one attached hydrogen (secondary N) is 1. The van der Waals surface area contributed by atoms with Gasteiger partial charge in [-0.15, -0.1) is 0 Å². The SMILES string of the molecule is Cc1nc2c(Br)c(=O)[nH]n2c(C)c1Cl. The third-order valence-electron chi connectivity index (χ3n) is 2.07. The molecule has 0 radical (unpaired) electrons. The lowest BCUT2D eigenvalue weighted by atomic mass is 10.3. The first-order chi connectivity index (χ1) is 6.52. The van der Waals surface area contributed by atoms with Gasteiger partial charge in [0.05, 0.1) is 16.4 Å². The number of aryl methyl sites for hydroxylation is 2. The van der Waals surface area contributed by atoms with Gasteiger partial charge in [-0.2, -0.15) is 0 Å². The van der Waals surface area contributed by atoms with Gasteiger partial charge >= 0.3 is 0 Å². The van der Waals surface area contributed by atoms with Crippen molar-refractivity contribution in [2.45, 2.75) is 13.8 Å². The minimum absolute atomic E-state index is 0.206. The molecular formula is C8H7BrClN3O. The summed E-state index contributed by atoms with van der Waals surface area (Å²) in [4.78, 5) is 15.5. The summed E-state index contributed by atoms with van der Waals surface area (Å²) in [6.45, 7) is 3.63. The number of nitrogens with zero attached hydrogens (tertiary/aromatic N) is 2. The fraction of sp³-hybridized carbons (Fsp3) is 0.250. The van der Waals surface area contributed by atoms with Crippen molar-refractivity contribution >= 4 is 33.2 Å². The summed E-state index contributed by atoms with van der Waals surface area (Å²) in [6.07, 6.45) is 0. The van der Waals surface area contributed by atoms with Crippen LogP contribution in [0.4, 0.5) is 0 Å². The molecule has 0 aliphatic heterocycles. The number of aromatic amines is 1. The number of hydrogen-bond acceptors (Lipinski definition) is 2. The van der Waals surface area contributed by atoms with E-state index in [4.69, 9.17) is 11.6 Å². The highest BCUT2D eigenvalue weighted by Gasteiger charge is 2.12. The van der Waals surface area contributed by atoms with Crippen LogP contribution in [0.25, 0.3) is 5.65 Å². The van der Waals surface area contributed by atoms with Gasteiger partial charge in [-0.3, -0.25) is 9.89 Å². The summed E-state index contributed by atoms with van der Waals surface area (Å²) in [7, 11) is 0. The number of H-pyrrole nitrogens is 1. The smallest absolute Gasteiger partial charge is 0.267 e. The molecule has 0 aliphatic carbocycles. The van der Waals surface area contributed by atoms with E-state index in [0.717, 1.165) is 5.69 Å². The number of hydrogen-bond donors (Lipinski definition) is 1. The molecule has 14 heavy (non-hydrogen) atoms. The Bertz CT molecular complexity index is 572. The molecule has 0 bridgehead atoms. The third kappa shape index (κ3) is 1.19. The third-order valence-corrected chi connectivity index (χ3v) is 3.33. The zero-order valence-corrected chi connectivity index (χ0v) is 9.90. The summed E-state index contributed by atoms with van der Waals surface area (Å²) >= 11 is 9.17. The second-order valence-corrected chi connectivity index (χ2v) is 4.18. The van der Waals surface area contributed by atoms with Crippen LogP contribution < -0.4 is 5.56 Å². The standard InChI is InChI=1S/C8H7BrClN3O/c1-3-6(10)4(2)13-7(11-3)5(9)8(14)12-13/h1-2H3,(H,12,14). The highest BCUT2D eigenvalue weighted by atomic mass is 79.9. The van der Waals surface area contributed by atoms with E-state index in [1.54, 1.807) is 11.4 Å². The van der Waals surface area contributed by atoms with Crippen LogP contribution in [0.1, 0.15) is 11.4 Å². The predicted octanol–water partition coefficient (Wildman–Crippen LogP) is 2.06. The molecule has 6 heteroatoms. The molecule has 0 saturated carbocycles. The zero-order valence-electron chi connectivity index (χ0n) is 7.56. The molecule has 74 valence electrons. The van der Waals surface area contributed by atoms with Gasteiger partial charge in [0.15, 0.2) is 5.65 Å². The van der Waals surface area contributed by atoms with Gasteiger partial charge in [-0.05, 0) is 29.8 Å². The van der Waals surface area contributed by atoms with Crippen LogP contribution in [-0.4, -0.2) is 14.6 Å². The molecule has 0 saturated heterocycles. The van der Waals surface area contributed by atoms with Crippen molar-refractivity contribution in [1.29, 1.82) is 0 Å². The van der Waals surface area contributed by atoms with Crippen molar-refractivity contribution in [3.8, 4) is 0 Å². The summed E-state index contributed by atoms with van der Waals surface area (Å²) in [6, 6.07) is 0. The molecule has 2 heterocycles. The van der Waals surface area contributed by atoms with Crippen LogP contribution in [0.5, 0.6) is 0 Å². The van der Waals surface area contributed by atoms with Crippen molar-refractivity contribution in [2.75, 3.05) is 0 Å². The normalized spacial score (nSPS) is 11.1. The Balaban J connectivity index is 3.05. The summed E-state index contributed by atoms with van der Waals surface area (Å²) < 4.78 is 2.00. The number of rotatable bonds is 0. The summed E-state index contributed by atoms with van der Waals surface area (Å²) in [5.74, 6) is 0. The van der Waals surface area contributed by atoms with Crippen LogP contribution in [0.3, 0.4) is 0 Å². The van der Waals surface area contributed by atoms with Crippen molar-refractivity contribution in [2.24, 2.45) is 0 Å². The lowest BCUT2D eigenvalue weighted by Gasteiger charge is -2.04. The average molecular weight is 277 g/mol. The molecule has 2 rings (SSSR count). The molecule has 0 fully saturated rings. The van der Waals surface area contributed by atoms with Gasteiger partial charge in [0.25, 0.3) is 5.56 Å². The Morgan fingerprint density at radius 1 is 1.50 bits per heavy atom. The minimum Gasteiger partial charge on any atom is -0.267 e. The number of aromatic nitrogens is 3. The van der Waals surface area contributed by atoms with E-state index in [1.165, 1.54) is 0 Å². The molecule has 0 unspecified atom stereocenters. The highest BCUT2D eigenvalue weighted by molar-refractivity contribution is 9.10. The highest BCUT2D eigenvalue weighted by Crippen LogP contribution is 2.21. The first-order valence-electron chi connectivity index (χ1n) is 3.95. The Kier molecular flexibility index (Phi) is 2.16. The van der Waals surface area contributed by atoms with Gasteiger partial charge in [0.2, 0.25) is 0 Å².